The van der Waals surface area contributed by atoms with E-state index >= 15 is 0 Å². The van der Waals surface area contributed by atoms with Gasteiger partial charge in [0.2, 0.25) is 0 Å². The van der Waals surface area contributed by atoms with Crippen LogP contribution in [0.5, 0.6) is 0 Å². The van der Waals surface area contributed by atoms with Gasteiger partial charge in [-0.3, -0.25) is 4.79 Å². The van der Waals surface area contributed by atoms with Crippen molar-refractivity contribution in [1.29, 1.82) is 0 Å². The first-order chi connectivity index (χ1) is 11.6. The third-order valence-corrected chi connectivity index (χ3v) is 4.60. The number of carbonyl (C=O) groups is 1. The molecule has 0 aromatic heterocycles. The van der Waals surface area contributed by atoms with Crippen molar-refractivity contribution in [1.82, 2.24) is 4.90 Å². The second-order valence-electron chi connectivity index (χ2n) is 6.51. The predicted molar refractivity (Wildman–Crippen MR) is 95.0 cm³/mol. The van der Waals surface area contributed by atoms with E-state index in [0.29, 0.717) is 19.0 Å². The number of rotatable bonds is 3. The van der Waals surface area contributed by atoms with Gasteiger partial charge in [-0.25, -0.2) is 4.39 Å². The van der Waals surface area contributed by atoms with Crippen LogP contribution in [0.2, 0.25) is 0 Å². The Morgan fingerprint density at radius 1 is 0.958 bits per heavy atom. The summed E-state index contributed by atoms with van der Waals surface area (Å²) < 4.78 is 13.8. The Bertz CT molecular complexity index is 704. The zero-order valence-electron chi connectivity index (χ0n) is 14.2. The molecule has 1 amide bonds. The van der Waals surface area contributed by atoms with Crippen molar-refractivity contribution in [2.24, 2.45) is 0 Å². The quantitative estimate of drug-likeness (QED) is 0.854. The highest BCUT2D eigenvalue weighted by molar-refractivity contribution is 5.94. The molecule has 0 radical (unpaired) electrons. The van der Waals surface area contributed by atoms with E-state index in [4.69, 9.17) is 0 Å². The molecule has 0 aliphatic carbocycles. The van der Waals surface area contributed by atoms with E-state index in [1.54, 1.807) is 23.1 Å². The van der Waals surface area contributed by atoms with E-state index < -0.39 is 5.82 Å². The van der Waals surface area contributed by atoms with Gasteiger partial charge in [-0.15, -0.1) is 0 Å². The molecule has 2 aromatic carbocycles. The minimum absolute atomic E-state index is 0.159. The fourth-order valence-corrected chi connectivity index (χ4v) is 3.04. The lowest BCUT2D eigenvalue weighted by molar-refractivity contribution is 0.0742. The topological polar surface area (TPSA) is 23.6 Å². The highest BCUT2D eigenvalue weighted by atomic mass is 19.1. The zero-order valence-corrected chi connectivity index (χ0v) is 14.2. The molecule has 0 unspecified atom stereocenters. The van der Waals surface area contributed by atoms with Crippen LogP contribution in [0.15, 0.2) is 48.5 Å². The Kier molecular flexibility index (Phi) is 4.84. The second-order valence-corrected chi connectivity index (χ2v) is 6.51. The normalized spacial score (nSPS) is 15.0. The van der Waals surface area contributed by atoms with Crippen molar-refractivity contribution in [3.05, 3.63) is 65.5 Å². The molecule has 1 saturated heterocycles. The van der Waals surface area contributed by atoms with Crippen LogP contribution in [0.1, 0.15) is 35.7 Å². The number of anilines is 1. The number of hydrogen-bond donors (Lipinski definition) is 0. The highest BCUT2D eigenvalue weighted by Crippen LogP contribution is 2.22. The molecule has 2 aromatic rings. The minimum Gasteiger partial charge on any atom is -0.368 e. The summed E-state index contributed by atoms with van der Waals surface area (Å²) in [6, 6.07) is 14.8. The summed E-state index contributed by atoms with van der Waals surface area (Å²) in [4.78, 5) is 16.5. The summed E-state index contributed by atoms with van der Waals surface area (Å²) in [5.74, 6) is -0.147. The van der Waals surface area contributed by atoms with Crippen LogP contribution >= 0.6 is 0 Å². The van der Waals surface area contributed by atoms with Crippen molar-refractivity contribution < 1.29 is 9.18 Å². The summed E-state index contributed by atoms with van der Waals surface area (Å²) in [5, 5.41) is 0. The summed E-state index contributed by atoms with van der Waals surface area (Å²) in [7, 11) is 0. The Morgan fingerprint density at radius 2 is 1.58 bits per heavy atom. The van der Waals surface area contributed by atoms with Crippen LogP contribution < -0.4 is 4.90 Å². The maximum absolute atomic E-state index is 13.8. The molecule has 0 saturated carbocycles. The Labute approximate surface area is 142 Å². The van der Waals surface area contributed by atoms with E-state index in [9.17, 15) is 9.18 Å². The van der Waals surface area contributed by atoms with E-state index in [1.165, 1.54) is 17.3 Å². The molecule has 0 atom stereocenters. The number of hydrogen-bond acceptors (Lipinski definition) is 2. The molecule has 3 rings (SSSR count). The van der Waals surface area contributed by atoms with Crippen molar-refractivity contribution in [2.75, 3.05) is 31.1 Å². The molecule has 4 heteroatoms. The predicted octanol–water partition coefficient (Wildman–Crippen LogP) is 3.91. The van der Waals surface area contributed by atoms with Crippen LogP contribution in [-0.4, -0.2) is 37.0 Å². The van der Waals surface area contributed by atoms with E-state index in [0.717, 1.165) is 13.1 Å². The van der Waals surface area contributed by atoms with Gasteiger partial charge in [-0.1, -0.05) is 38.1 Å². The fourth-order valence-electron chi connectivity index (χ4n) is 3.04. The average Bonchev–Trinajstić information content (AvgIpc) is 2.62. The molecule has 0 N–H and O–H groups in total. The van der Waals surface area contributed by atoms with Gasteiger partial charge in [0, 0.05) is 31.9 Å². The lowest BCUT2D eigenvalue weighted by Crippen LogP contribution is -2.49. The fraction of sp³-hybridized carbons (Fsp3) is 0.350. The summed E-state index contributed by atoms with van der Waals surface area (Å²) in [5.41, 5.74) is 2.66. The van der Waals surface area contributed by atoms with Crippen molar-refractivity contribution in [2.45, 2.75) is 19.8 Å². The molecule has 1 aliphatic rings. The first-order valence-corrected chi connectivity index (χ1v) is 8.45. The number of halogens is 1. The highest BCUT2D eigenvalue weighted by Gasteiger charge is 2.24. The van der Waals surface area contributed by atoms with Gasteiger partial charge in [-0.2, -0.15) is 0 Å². The molecule has 1 fully saturated rings. The molecular weight excluding hydrogens is 303 g/mol. The van der Waals surface area contributed by atoms with Crippen LogP contribution in [0, 0.1) is 5.82 Å². The second kappa shape index (κ2) is 7.04. The number of amides is 1. The van der Waals surface area contributed by atoms with E-state index in [1.807, 2.05) is 0 Å². The van der Waals surface area contributed by atoms with Gasteiger partial charge in [0.05, 0.1) is 5.56 Å². The van der Waals surface area contributed by atoms with Crippen LogP contribution in [0.4, 0.5) is 10.1 Å². The first-order valence-electron chi connectivity index (χ1n) is 8.45. The van der Waals surface area contributed by atoms with E-state index in [-0.39, 0.29) is 11.5 Å². The maximum Gasteiger partial charge on any atom is 0.256 e. The minimum atomic E-state index is -0.450. The molecule has 1 aliphatic heterocycles. The number of carbonyl (C=O) groups excluding carboxylic acids is 1. The standard InChI is InChI=1S/C20H23FN2O/c1-15(2)16-7-9-17(10-8-16)22-11-13-23(14-12-22)20(24)18-5-3-4-6-19(18)21/h3-10,15H,11-14H2,1-2H3. The maximum atomic E-state index is 13.8. The molecule has 126 valence electrons. The third kappa shape index (κ3) is 3.42. The Balaban J connectivity index is 1.63. The molecular formula is C20H23FN2O. The van der Waals surface area contributed by atoms with Gasteiger partial charge in [-0.05, 0) is 35.7 Å². The number of benzene rings is 2. The Hall–Kier alpha value is -2.36. The van der Waals surface area contributed by atoms with E-state index in [2.05, 4.69) is 43.0 Å². The largest absolute Gasteiger partial charge is 0.368 e. The van der Waals surface area contributed by atoms with Gasteiger partial charge in [0.1, 0.15) is 5.82 Å². The summed E-state index contributed by atoms with van der Waals surface area (Å²) >= 11 is 0. The zero-order chi connectivity index (χ0) is 17.1. The molecule has 0 bridgehead atoms. The number of piperazine rings is 1. The monoisotopic (exact) mass is 326 g/mol. The third-order valence-electron chi connectivity index (χ3n) is 4.60. The first kappa shape index (κ1) is 16.5. The average molecular weight is 326 g/mol. The van der Waals surface area contributed by atoms with Crippen LogP contribution in [0.3, 0.4) is 0 Å². The van der Waals surface area contributed by atoms with Gasteiger partial charge in [0.25, 0.3) is 5.91 Å². The SMILES string of the molecule is CC(C)c1ccc(N2CCN(C(=O)c3ccccc3F)CC2)cc1. The smallest absolute Gasteiger partial charge is 0.256 e. The molecule has 1 heterocycles. The van der Waals surface area contributed by atoms with Crippen molar-refractivity contribution >= 4 is 11.6 Å². The summed E-state index contributed by atoms with van der Waals surface area (Å²) in [6.45, 7) is 7.12. The Morgan fingerprint density at radius 3 is 2.17 bits per heavy atom. The molecule has 3 nitrogen and oxygen atoms in total. The lowest BCUT2D eigenvalue weighted by atomic mass is 10.0. The number of nitrogens with zero attached hydrogens (tertiary/aromatic N) is 2. The van der Waals surface area contributed by atoms with Crippen LogP contribution in [0.25, 0.3) is 0 Å². The van der Waals surface area contributed by atoms with Crippen molar-refractivity contribution in [3.63, 3.8) is 0 Å². The van der Waals surface area contributed by atoms with Gasteiger partial charge >= 0.3 is 0 Å². The molecule has 0 spiro atoms. The summed E-state index contributed by atoms with van der Waals surface area (Å²) in [6.07, 6.45) is 0. The van der Waals surface area contributed by atoms with Crippen molar-refractivity contribution in [3.8, 4) is 0 Å². The van der Waals surface area contributed by atoms with Crippen LogP contribution in [-0.2, 0) is 0 Å². The molecule has 24 heavy (non-hydrogen) atoms. The van der Waals surface area contributed by atoms with Gasteiger partial charge < -0.3 is 9.80 Å². The lowest BCUT2D eigenvalue weighted by Gasteiger charge is -2.36. The van der Waals surface area contributed by atoms with Gasteiger partial charge in [0.15, 0.2) is 0 Å².